The summed E-state index contributed by atoms with van der Waals surface area (Å²) >= 11 is 0. The zero-order valence-corrected chi connectivity index (χ0v) is 24.9. The Kier molecular flexibility index (Phi) is 27.2. The second kappa shape index (κ2) is 27.6. The Balaban J connectivity index is 3.63. The third-order valence-electron chi connectivity index (χ3n) is 6.42. The molecule has 36 heavy (non-hydrogen) atoms. The molecule has 0 aromatic carbocycles. The fraction of sp³-hybridized carbons (Fsp3) is 0.964. The van der Waals surface area contributed by atoms with Gasteiger partial charge in [0.05, 0.1) is 20.3 Å². The summed E-state index contributed by atoms with van der Waals surface area (Å²) in [7, 11) is 3.19. The Hall–Kier alpha value is -0.460. The molecule has 0 bridgehead atoms. The minimum atomic E-state index is -1.97. The molecule has 0 aliphatic carbocycles. The van der Waals surface area contributed by atoms with E-state index in [-0.39, 0.29) is 6.61 Å². The standard InChI is InChI=1S/C28H58NO6P/c1-5-6-7-8-9-10-11-12-13-14-15-16-17-18-19-20-21-22-23-27(35-28(30)32-4)26-34-36(31)33-25-24-29(2)3/h27,31H,5-26H2,1-4H3. The molecule has 0 fully saturated rings. The molecule has 1 N–H and O–H groups in total. The zero-order valence-electron chi connectivity index (χ0n) is 24.0. The molecular formula is C28H58NO6P. The molecular weight excluding hydrogens is 477 g/mol. The molecule has 216 valence electrons. The van der Waals surface area contributed by atoms with Crippen LogP contribution in [0.5, 0.6) is 0 Å². The summed E-state index contributed by atoms with van der Waals surface area (Å²) in [6.07, 6.45) is 23.6. The summed E-state index contributed by atoms with van der Waals surface area (Å²) in [6.45, 7) is 3.47. The summed E-state index contributed by atoms with van der Waals surface area (Å²) in [6, 6.07) is 0. The van der Waals surface area contributed by atoms with Crippen LogP contribution in [0.2, 0.25) is 0 Å². The number of unbranched alkanes of at least 4 members (excludes halogenated alkanes) is 17. The van der Waals surface area contributed by atoms with E-state index in [2.05, 4.69) is 11.7 Å². The van der Waals surface area contributed by atoms with Crippen LogP contribution in [-0.4, -0.2) is 63.0 Å². The van der Waals surface area contributed by atoms with Gasteiger partial charge in [0.15, 0.2) is 0 Å². The van der Waals surface area contributed by atoms with E-state index >= 15 is 0 Å². The molecule has 2 atom stereocenters. The second-order valence-corrected chi connectivity index (χ2v) is 11.2. The first kappa shape index (κ1) is 35.5. The van der Waals surface area contributed by atoms with E-state index in [1.807, 2.05) is 19.0 Å². The van der Waals surface area contributed by atoms with Crippen LogP contribution in [0.1, 0.15) is 129 Å². The minimum Gasteiger partial charge on any atom is -0.438 e. The third kappa shape index (κ3) is 26.6. The predicted octanol–water partition coefficient (Wildman–Crippen LogP) is 8.38. The van der Waals surface area contributed by atoms with Gasteiger partial charge in [-0.25, -0.2) is 4.79 Å². The lowest BCUT2D eigenvalue weighted by molar-refractivity contribution is 0.0100. The fourth-order valence-corrected chi connectivity index (χ4v) is 4.73. The molecule has 0 amide bonds. The number of hydrogen-bond donors (Lipinski definition) is 1. The zero-order chi connectivity index (χ0) is 26.7. The Morgan fingerprint density at radius 1 is 0.750 bits per heavy atom. The van der Waals surface area contributed by atoms with Crippen molar-refractivity contribution < 1.29 is 28.2 Å². The lowest BCUT2D eigenvalue weighted by atomic mass is 10.0. The van der Waals surface area contributed by atoms with E-state index in [0.29, 0.717) is 19.6 Å². The van der Waals surface area contributed by atoms with Crippen molar-refractivity contribution in [1.82, 2.24) is 4.90 Å². The number of hydrogen-bond acceptors (Lipinski definition) is 7. The smallest absolute Gasteiger partial charge is 0.438 e. The van der Waals surface area contributed by atoms with Crippen molar-refractivity contribution >= 4 is 14.8 Å². The van der Waals surface area contributed by atoms with Crippen LogP contribution in [0.4, 0.5) is 4.79 Å². The van der Waals surface area contributed by atoms with Gasteiger partial charge in [0.2, 0.25) is 0 Å². The van der Waals surface area contributed by atoms with Gasteiger partial charge in [0.25, 0.3) is 0 Å². The van der Waals surface area contributed by atoms with Crippen LogP contribution in [-0.2, 0) is 18.5 Å². The van der Waals surface area contributed by atoms with Gasteiger partial charge >= 0.3 is 14.8 Å². The molecule has 0 spiro atoms. The lowest BCUT2D eigenvalue weighted by Crippen LogP contribution is -2.23. The van der Waals surface area contributed by atoms with Gasteiger partial charge in [-0.05, 0) is 26.9 Å². The van der Waals surface area contributed by atoms with Gasteiger partial charge in [-0.1, -0.05) is 116 Å². The van der Waals surface area contributed by atoms with Crippen LogP contribution in [0.25, 0.3) is 0 Å². The van der Waals surface area contributed by atoms with Crippen molar-refractivity contribution in [2.45, 2.75) is 135 Å². The average molecular weight is 536 g/mol. The van der Waals surface area contributed by atoms with Crippen LogP contribution in [0, 0.1) is 0 Å². The lowest BCUT2D eigenvalue weighted by Gasteiger charge is -2.19. The summed E-state index contributed by atoms with van der Waals surface area (Å²) in [5.41, 5.74) is 0. The summed E-state index contributed by atoms with van der Waals surface area (Å²) in [4.78, 5) is 23.3. The second-order valence-electron chi connectivity index (χ2n) is 10.2. The van der Waals surface area contributed by atoms with E-state index in [0.717, 1.165) is 12.8 Å². The topological polar surface area (TPSA) is 77.5 Å². The van der Waals surface area contributed by atoms with Crippen LogP contribution < -0.4 is 0 Å². The molecule has 0 saturated heterocycles. The van der Waals surface area contributed by atoms with E-state index in [1.54, 1.807) is 0 Å². The van der Waals surface area contributed by atoms with Gasteiger partial charge in [-0.15, -0.1) is 0 Å². The highest BCUT2D eigenvalue weighted by Crippen LogP contribution is 2.33. The number of rotatable bonds is 27. The van der Waals surface area contributed by atoms with Crippen LogP contribution in [0.3, 0.4) is 0 Å². The van der Waals surface area contributed by atoms with Gasteiger partial charge in [-0.2, -0.15) is 0 Å². The van der Waals surface area contributed by atoms with Crippen LogP contribution >= 0.6 is 8.60 Å². The molecule has 8 heteroatoms. The number of ether oxygens (including phenoxy) is 2. The average Bonchev–Trinajstić information content (AvgIpc) is 2.86. The van der Waals surface area contributed by atoms with E-state index in [1.165, 1.54) is 110 Å². The maximum absolute atomic E-state index is 11.5. The molecule has 0 aromatic rings. The first-order valence-electron chi connectivity index (χ1n) is 14.6. The predicted molar refractivity (Wildman–Crippen MR) is 150 cm³/mol. The molecule has 0 aliphatic rings. The van der Waals surface area contributed by atoms with Gasteiger partial charge in [-0.3, -0.25) is 0 Å². The van der Waals surface area contributed by atoms with Crippen molar-refractivity contribution in [3.63, 3.8) is 0 Å². The summed E-state index contributed by atoms with van der Waals surface area (Å²) in [5.74, 6) is 0. The largest absolute Gasteiger partial charge is 0.508 e. The van der Waals surface area contributed by atoms with E-state index < -0.39 is 20.9 Å². The molecule has 0 aromatic heterocycles. The summed E-state index contributed by atoms with van der Waals surface area (Å²) in [5, 5.41) is 0. The van der Waals surface area contributed by atoms with Crippen molar-refractivity contribution in [2.24, 2.45) is 0 Å². The Morgan fingerprint density at radius 2 is 1.19 bits per heavy atom. The molecule has 0 rings (SSSR count). The van der Waals surface area contributed by atoms with Gasteiger partial charge < -0.3 is 28.3 Å². The number of carbonyl (C=O) groups is 1. The highest BCUT2D eigenvalue weighted by Gasteiger charge is 2.18. The molecule has 7 nitrogen and oxygen atoms in total. The quantitative estimate of drug-likeness (QED) is 0.0643. The molecule has 0 saturated carbocycles. The number of methoxy groups -OCH3 is 1. The Morgan fingerprint density at radius 3 is 1.61 bits per heavy atom. The molecule has 0 radical (unpaired) electrons. The summed E-state index contributed by atoms with van der Waals surface area (Å²) < 4.78 is 20.5. The van der Waals surface area contributed by atoms with E-state index in [9.17, 15) is 9.69 Å². The van der Waals surface area contributed by atoms with Crippen molar-refractivity contribution in [1.29, 1.82) is 0 Å². The van der Waals surface area contributed by atoms with Crippen molar-refractivity contribution in [3.05, 3.63) is 0 Å². The minimum absolute atomic E-state index is 0.109. The SMILES string of the molecule is CCCCCCCCCCCCCCCCCCCCC(COP(O)OCCN(C)C)OC(=O)OC. The number of likely N-dealkylation sites (N-methyl/N-ethyl adjacent to an activating group) is 1. The first-order valence-corrected chi connectivity index (χ1v) is 15.8. The maximum atomic E-state index is 11.5. The number of carbonyl (C=O) groups excluding carboxylic acids is 1. The van der Waals surface area contributed by atoms with Gasteiger partial charge in [0.1, 0.15) is 6.10 Å². The first-order chi connectivity index (χ1) is 17.5. The Labute approximate surface area is 224 Å². The normalized spacial score (nSPS) is 13.2. The monoisotopic (exact) mass is 535 g/mol. The molecule has 2 unspecified atom stereocenters. The highest BCUT2D eigenvalue weighted by molar-refractivity contribution is 7.40. The van der Waals surface area contributed by atoms with Crippen molar-refractivity contribution in [3.8, 4) is 0 Å². The third-order valence-corrected chi connectivity index (χ3v) is 7.19. The van der Waals surface area contributed by atoms with Gasteiger partial charge in [0, 0.05) is 6.54 Å². The highest BCUT2D eigenvalue weighted by atomic mass is 31.2. The number of nitrogens with zero attached hydrogens (tertiary/aromatic N) is 1. The maximum Gasteiger partial charge on any atom is 0.508 e. The van der Waals surface area contributed by atoms with E-state index in [4.69, 9.17) is 13.8 Å². The molecule has 0 aliphatic heterocycles. The Bertz CT molecular complexity index is 469. The van der Waals surface area contributed by atoms with Crippen LogP contribution in [0.15, 0.2) is 0 Å². The molecule has 0 heterocycles. The van der Waals surface area contributed by atoms with Crippen molar-refractivity contribution in [2.75, 3.05) is 41.0 Å². The fourth-order valence-electron chi connectivity index (χ4n) is 4.12.